The third kappa shape index (κ3) is 3.12. The van der Waals surface area contributed by atoms with Gasteiger partial charge in [-0.25, -0.2) is 0 Å². The van der Waals surface area contributed by atoms with Crippen LogP contribution in [-0.2, 0) is 16.6 Å². The Hall–Kier alpha value is -2.41. The number of thiocarbonyl (C=S) groups is 1. The van der Waals surface area contributed by atoms with E-state index in [1.54, 1.807) is 13.1 Å². The second-order valence-corrected chi connectivity index (χ2v) is 5.99. The van der Waals surface area contributed by atoms with Crippen LogP contribution in [0, 0.1) is 0 Å². The first-order valence-corrected chi connectivity index (χ1v) is 8.27. The molecule has 0 aromatic carbocycles. The standard InChI is InChI=1S/C17H20N4O2S/c1-3-23-14(22)11-21-16(13-8-6-10-20(13)2)15(19-17(21)24)12-7-4-5-9-18-12/h4-10,15-16H,3,11H2,1-2H3,(H,19,24). The Morgan fingerprint density at radius 1 is 1.38 bits per heavy atom. The third-order valence-electron chi connectivity index (χ3n) is 4.09. The minimum Gasteiger partial charge on any atom is -0.465 e. The lowest BCUT2D eigenvalue weighted by atomic mass is 10.0. The van der Waals surface area contributed by atoms with Gasteiger partial charge in [0.15, 0.2) is 5.11 Å². The first kappa shape index (κ1) is 16.4. The van der Waals surface area contributed by atoms with Gasteiger partial charge in [0.2, 0.25) is 0 Å². The Labute approximate surface area is 146 Å². The molecule has 0 saturated carbocycles. The van der Waals surface area contributed by atoms with Crippen molar-refractivity contribution in [2.45, 2.75) is 19.0 Å². The summed E-state index contributed by atoms with van der Waals surface area (Å²) in [6.45, 7) is 2.26. The van der Waals surface area contributed by atoms with Gasteiger partial charge < -0.3 is 19.5 Å². The van der Waals surface area contributed by atoms with Crippen LogP contribution in [0.3, 0.4) is 0 Å². The highest BCUT2D eigenvalue weighted by Gasteiger charge is 2.41. The summed E-state index contributed by atoms with van der Waals surface area (Å²) in [5, 5.41) is 3.84. The summed E-state index contributed by atoms with van der Waals surface area (Å²) in [5.74, 6) is -0.289. The van der Waals surface area contributed by atoms with Crippen molar-refractivity contribution in [3.8, 4) is 0 Å². The van der Waals surface area contributed by atoms with E-state index in [4.69, 9.17) is 17.0 Å². The molecule has 7 heteroatoms. The highest BCUT2D eigenvalue weighted by Crippen LogP contribution is 2.38. The van der Waals surface area contributed by atoms with Gasteiger partial charge in [0.1, 0.15) is 6.54 Å². The van der Waals surface area contributed by atoms with Crippen LogP contribution in [0.1, 0.15) is 30.4 Å². The van der Waals surface area contributed by atoms with Crippen LogP contribution in [0.25, 0.3) is 0 Å². The molecule has 1 fully saturated rings. The number of aryl methyl sites for hydroxylation is 1. The molecule has 0 bridgehead atoms. The molecule has 1 saturated heterocycles. The van der Waals surface area contributed by atoms with Crippen LogP contribution in [0.4, 0.5) is 0 Å². The molecule has 3 heterocycles. The van der Waals surface area contributed by atoms with E-state index in [1.807, 2.05) is 53.0 Å². The molecular formula is C17H20N4O2S. The van der Waals surface area contributed by atoms with Crippen molar-refractivity contribution in [3.05, 3.63) is 54.1 Å². The van der Waals surface area contributed by atoms with Gasteiger partial charge in [0.25, 0.3) is 0 Å². The van der Waals surface area contributed by atoms with E-state index in [2.05, 4.69) is 10.3 Å². The predicted molar refractivity (Wildman–Crippen MR) is 94.2 cm³/mol. The summed E-state index contributed by atoms with van der Waals surface area (Å²) in [6, 6.07) is 9.56. The summed E-state index contributed by atoms with van der Waals surface area (Å²) in [4.78, 5) is 18.4. The first-order valence-electron chi connectivity index (χ1n) is 7.86. The Morgan fingerprint density at radius 2 is 2.21 bits per heavy atom. The molecular weight excluding hydrogens is 324 g/mol. The molecule has 1 aliphatic rings. The van der Waals surface area contributed by atoms with E-state index >= 15 is 0 Å². The molecule has 0 aliphatic carbocycles. The fourth-order valence-corrected chi connectivity index (χ4v) is 3.33. The second kappa shape index (κ2) is 7.00. The lowest BCUT2D eigenvalue weighted by Crippen LogP contribution is -2.35. The van der Waals surface area contributed by atoms with E-state index in [0.29, 0.717) is 11.7 Å². The minimum atomic E-state index is -0.289. The number of pyridine rings is 1. The number of carbonyl (C=O) groups excluding carboxylic acids is 1. The van der Waals surface area contributed by atoms with Gasteiger partial charge in [0, 0.05) is 25.1 Å². The number of esters is 1. The normalized spacial score (nSPS) is 20.1. The number of aromatic nitrogens is 2. The Bertz CT molecular complexity index is 731. The van der Waals surface area contributed by atoms with E-state index in [1.165, 1.54) is 0 Å². The van der Waals surface area contributed by atoms with Gasteiger partial charge in [-0.15, -0.1) is 0 Å². The Morgan fingerprint density at radius 3 is 2.83 bits per heavy atom. The molecule has 2 aromatic heterocycles. The van der Waals surface area contributed by atoms with Crippen LogP contribution < -0.4 is 5.32 Å². The fourth-order valence-electron chi connectivity index (χ4n) is 3.02. The largest absolute Gasteiger partial charge is 0.465 e. The molecule has 2 unspecified atom stereocenters. The Kier molecular flexibility index (Phi) is 4.80. The molecule has 0 amide bonds. The average Bonchev–Trinajstić information content (AvgIpc) is 3.12. The van der Waals surface area contributed by atoms with Gasteiger partial charge in [0.05, 0.1) is 24.4 Å². The zero-order chi connectivity index (χ0) is 17.1. The maximum absolute atomic E-state index is 12.0. The summed E-state index contributed by atoms with van der Waals surface area (Å²) >= 11 is 5.48. The maximum atomic E-state index is 12.0. The highest BCUT2D eigenvalue weighted by molar-refractivity contribution is 7.80. The SMILES string of the molecule is CCOC(=O)CN1C(=S)NC(c2ccccn2)C1c1cccn1C. The highest BCUT2D eigenvalue weighted by atomic mass is 32.1. The van der Waals surface area contributed by atoms with Crippen molar-refractivity contribution < 1.29 is 9.53 Å². The number of hydrogen-bond acceptors (Lipinski definition) is 4. The lowest BCUT2D eigenvalue weighted by Gasteiger charge is -2.27. The van der Waals surface area contributed by atoms with Gasteiger partial charge in [-0.3, -0.25) is 9.78 Å². The number of nitrogens with zero attached hydrogens (tertiary/aromatic N) is 3. The zero-order valence-corrected chi connectivity index (χ0v) is 14.5. The number of carbonyl (C=O) groups is 1. The van der Waals surface area contributed by atoms with Crippen LogP contribution in [0.2, 0.25) is 0 Å². The van der Waals surface area contributed by atoms with Crippen molar-refractivity contribution in [3.63, 3.8) is 0 Å². The predicted octanol–water partition coefficient (Wildman–Crippen LogP) is 1.96. The number of hydrogen-bond donors (Lipinski definition) is 1. The maximum Gasteiger partial charge on any atom is 0.325 e. The number of nitrogens with one attached hydrogen (secondary N) is 1. The minimum absolute atomic E-state index is 0.110. The van der Waals surface area contributed by atoms with Crippen LogP contribution in [0.5, 0.6) is 0 Å². The summed E-state index contributed by atoms with van der Waals surface area (Å²) in [6.07, 6.45) is 3.74. The van der Waals surface area contributed by atoms with Gasteiger partial charge in [-0.2, -0.15) is 0 Å². The van der Waals surface area contributed by atoms with Gasteiger partial charge >= 0.3 is 5.97 Å². The molecule has 1 N–H and O–H groups in total. The number of rotatable bonds is 5. The summed E-state index contributed by atoms with van der Waals surface area (Å²) in [5.41, 5.74) is 1.94. The molecule has 3 rings (SSSR count). The lowest BCUT2D eigenvalue weighted by molar-refractivity contribution is -0.143. The van der Waals surface area contributed by atoms with E-state index in [-0.39, 0.29) is 24.6 Å². The molecule has 24 heavy (non-hydrogen) atoms. The molecule has 1 aliphatic heterocycles. The third-order valence-corrected chi connectivity index (χ3v) is 4.44. The topological polar surface area (TPSA) is 59.4 Å². The van der Waals surface area contributed by atoms with E-state index < -0.39 is 0 Å². The van der Waals surface area contributed by atoms with Crippen molar-refractivity contribution in [2.24, 2.45) is 7.05 Å². The second-order valence-electron chi connectivity index (χ2n) is 5.60. The quantitative estimate of drug-likeness (QED) is 0.661. The fraction of sp³-hybridized carbons (Fsp3) is 0.353. The summed E-state index contributed by atoms with van der Waals surface area (Å²) < 4.78 is 7.13. The molecule has 0 spiro atoms. The molecule has 126 valence electrons. The van der Waals surface area contributed by atoms with Gasteiger partial charge in [-0.05, 0) is 43.4 Å². The van der Waals surface area contributed by atoms with E-state index in [9.17, 15) is 4.79 Å². The number of ether oxygens (including phenoxy) is 1. The molecule has 2 atom stereocenters. The van der Waals surface area contributed by atoms with Crippen molar-refractivity contribution in [1.82, 2.24) is 19.8 Å². The van der Waals surface area contributed by atoms with Crippen LogP contribution in [-0.4, -0.2) is 38.7 Å². The van der Waals surface area contributed by atoms with E-state index in [0.717, 1.165) is 11.4 Å². The van der Waals surface area contributed by atoms with Crippen LogP contribution >= 0.6 is 12.2 Å². The van der Waals surface area contributed by atoms with Crippen molar-refractivity contribution in [2.75, 3.05) is 13.2 Å². The van der Waals surface area contributed by atoms with Gasteiger partial charge in [-0.1, -0.05) is 6.07 Å². The monoisotopic (exact) mass is 344 g/mol. The first-order chi connectivity index (χ1) is 11.6. The smallest absolute Gasteiger partial charge is 0.325 e. The average molecular weight is 344 g/mol. The Balaban J connectivity index is 1.97. The molecule has 2 aromatic rings. The molecule has 0 radical (unpaired) electrons. The van der Waals surface area contributed by atoms with Crippen molar-refractivity contribution in [1.29, 1.82) is 0 Å². The van der Waals surface area contributed by atoms with Crippen LogP contribution in [0.15, 0.2) is 42.7 Å². The summed E-state index contributed by atoms with van der Waals surface area (Å²) in [7, 11) is 1.98. The zero-order valence-electron chi connectivity index (χ0n) is 13.7. The molecule has 6 nitrogen and oxygen atoms in total. The van der Waals surface area contributed by atoms with Crippen molar-refractivity contribution >= 4 is 23.3 Å².